The van der Waals surface area contributed by atoms with Crippen LogP contribution in [0.25, 0.3) is 0 Å². The van der Waals surface area contributed by atoms with E-state index in [0.717, 1.165) is 3.57 Å². The topological polar surface area (TPSA) is 161 Å². The minimum Gasteiger partial charge on any atom is -0.510 e. The highest BCUT2D eigenvalue weighted by Gasteiger charge is 2.63. The number of hydrogen-bond acceptors (Lipinski definition) is 9. The number of phenolic OH excluding ortho intramolecular Hbond substituents is 1. The molecule has 4 rings (SSSR count). The quantitative estimate of drug-likeness (QED) is 0.255. The van der Waals surface area contributed by atoms with Gasteiger partial charge in [-0.25, -0.2) is 0 Å². The third-order valence-corrected chi connectivity index (χ3v) is 8.61. The van der Waals surface area contributed by atoms with E-state index in [1.807, 2.05) is 12.3 Å². The van der Waals surface area contributed by atoms with Gasteiger partial charge in [-0.15, -0.1) is 0 Å². The molecule has 0 fully saturated rings. The summed E-state index contributed by atoms with van der Waals surface area (Å²) in [5.74, 6) is -5.87. The number of nitrogens with two attached hydrogens (primary N) is 1. The number of aromatic hydroxyl groups is 1. The minimum absolute atomic E-state index is 0.0525. The van der Waals surface area contributed by atoms with Crippen molar-refractivity contribution in [2.45, 2.75) is 30.2 Å². The Bertz CT molecular complexity index is 1210. The van der Waals surface area contributed by atoms with Crippen molar-refractivity contribution in [3.05, 3.63) is 49.0 Å². The average molecular weight is 600 g/mol. The zero-order valence-electron chi connectivity index (χ0n) is 18.8. The molecule has 0 saturated carbocycles. The maximum atomic E-state index is 13.6. The van der Waals surface area contributed by atoms with Gasteiger partial charge in [0.05, 0.1) is 11.6 Å². The van der Waals surface area contributed by atoms with Crippen molar-refractivity contribution in [1.82, 2.24) is 4.90 Å². The van der Waals surface area contributed by atoms with Crippen LogP contribution < -0.4 is 5.73 Å². The highest BCUT2D eigenvalue weighted by atomic mass is 127. The molecule has 0 heterocycles. The van der Waals surface area contributed by atoms with E-state index >= 15 is 0 Å². The fourth-order valence-corrected chi connectivity index (χ4v) is 6.99. The number of carbonyl (C=O) groups excluding carboxylic acids is 3. The van der Waals surface area contributed by atoms with E-state index in [-0.39, 0.29) is 23.3 Å². The van der Waals surface area contributed by atoms with Crippen LogP contribution in [0.1, 0.15) is 27.9 Å². The van der Waals surface area contributed by atoms with Gasteiger partial charge in [-0.3, -0.25) is 19.3 Å². The standard InChI is InChI=1S/C23H25IN2O7S/c1-26(2)16-11-5-8-4-10-12(24)6-9(7-34-3)17(27)14(10)18(28)13(8)20(30)23(11,33)21(31)15(19(16)29)22(25)32/h6,8,11,16,27,29-30,33H,4-5,7H2,1-3H3,(H2,25,32)/t8-,11-,16?,23-/m0/s1. The molecule has 0 aliphatic heterocycles. The van der Waals surface area contributed by atoms with Gasteiger partial charge < -0.3 is 26.2 Å². The molecule has 4 atom stereocenters. The maximum absolute atomic E-state index is 13.6. The Morgan fingerprint density at radius 2 is 1.94 bits per heavy atom. The molecule has 1 aromatic rings. The van der Waals surface area contributed by atoms with Crippen LogP contribution in [0.5, 0.6) is 5.75 Å². The van der Waals surface area contributed by atoms with E-state index in [1.165, 1.54) is 16.7 Å². The van der Waals surface area contributed by atoms with Crippen LogP contribution in [0.2, 0.25) is 0 Å². The van der Waals surface area contributed by atoms with E-state index in [0.29, 0.717) is 23.3 Å². The highest BCUT2D eigenvalue weighted by Crippen LogP contribution is 2.52. The van der Waals surface area contributed by atoms with Gasteiger partial charge in [-0.2, -0.15) is 11.8 Å². The lowest BCUT2D eigenvalue weighted by atomic mass is 9.58. The summed E-state index contributed by atoms with van der Waals surface area (Å²) in [4.78, 5) is 40.4. The van der Waals surface area contributed by atoms with Crippen molar-refractivity contribution in [2.24, 2.45) is 17.6 Å². The fraction of sp³-hybridized carbons (Fsp3) is 0.435. The molecule has 11 heteroatoms. The van der Waals surface area contributed by atoms with Gasteiger partial charge in [0.15, 0.2) is 11.4 Å². The van der Waals surface area contributed by atoms with Gasteiger partial charge in [0, 0.05) is 26.4 Å². The Morgan fingerprint density at radius 3 is 2.50 bits per heavy atom. The number of fused-ring (bicyclic) bond motifs is 3. The number of amides is 1. The highest BCUT2D eigenvalue weighted by molar-refractivity contribution is 14.1. The summed E-state index contributed by atoms with van der Waals surface area (Å²) in [7, 11) is 3.20. The largest absolute Gasteiger partial charge is 0.510 e. The van der Waals surface area contributed by atoms with Crippen LogP contribution in [0.3, 0.4) is 0 Å². The maximum Gasteiger partial charge on any atom is 0.255 e. The Balaban J connectivity index is 1.96. The van der Waals surface area contributed by atoms with Crippen LogP contribution in [0.15, 0.2) is 28.7 Å². The molecule has 0 saturated heterocycles. The van der Waals surface area contributed by atoms with E-state index < -0.39 is 58.0 Å². The number of allylic oxidation sites excluding steroid dienone is 1. The second-order valence-electron chi connectivity index (χ2n) is 9.12. The number of ketones is 2. The number of aliphatic hydroxyl groups is 3. The molecule has 0 bridgehead atoms. The first-order valence-corrected chi connectivity index (χ1v) is 13.0. The lowest BCUT2D eigenvalue weighted by Gasteiger charge is -2.50. The number of thioether (sulfide) groups is 1. The number of phenols is 1. The Kier molecular flexibility index (Phi) is 6.28. The van der Waals surface area contributed by atoms with E-state index in [4.69, 9.17) is 5.73 Å². The Hall–Kier alpha value is -2.09. The lowest BCUT2D eigenvalue weighted by molar-refractivity contribution is -0.148. The monoisotopic (exact) mass is 600 g/mol. The first-order chi connectivity index (χ1) is 15.9. The number of aliphatic hydroxyl groups excluding tert-OH is 2. The molecular weight excluding hydrogens is 575 g/mol. The van der Waals surface area contributed by atoms with Gasteiger partial charge in [-0.05, 0) is 73.3 Å². The molecule has 0 aromatic heterocycles. The van der Waals surface area contributed by atoms with Crippen LogP contribution in [-0.2, 0) is 21.8 Å². The number of hydrogen-bond donors (Lipinski definition) is 5. The van der Waals surface area contributed by atoms with Gasteiger partial charge in [0.25, 0.3) is 5.91 Å². The molecule has 1 aromatic carbocycles. The Morgan fingerprint density at radius 1 is 1.29 bits per heavy atom. The zero-order chi connectivity index (χ0) is 25.3. The SMILES string of the molecule is CSCc1cc(I)c2c(c1O)C(=O)C1=C(O)[C@]3(O)C(=O)C(C(N)=O)=C(O)C(N(C)C)[C@@H]3C[C@@H]1C2. The second-order valence-corrected chi connectivity index (χ2v) is 11.1. The number of rotatable bonds is 4. The van der Waals surface area contributed by atoms with E-state index in [1.54, 1.807) is 14.1 Å². The molecule has 182 valence electrons. The number of primary amides is 1. The predicted octanol–water partition coefficient (Wildman–Crippen LogP) is 1.59. The first kappa shape index (κ1) is 25.0. The normalized spacial score (nSPS) is 28.7. The molecule has 0 spiro atoms. The van der Waals surface area contributed by atoms with Crippen LogP contribution in [0.4, 0.5) is 0 Å². The van der Waals surface area contributed by atoms with Crippen molar-refractivity contribution >= 4 is 51.8 Å². The van der Waals surface area contributed by atoms with Gasteiger partial charge in [0.2, 0.25) is 5.78 Å². The number of carbonyl (C=O) groups is 3. The first-order valence-electron chi connectivity index (χ1n) is 10.5. The van der Waals surface area contributed by atoms with E-state index in [9.17, 15) is 34.8 Å². The number of nitrogens with zero attached hydrogens (tertiary/aromatic N) is 1. The second kappa shape index (κ2) is 8.54. The third-order valence-electron chi connectivity index (χ3n) is 7.05. The molecule has 9 nitrogen and oxygen atoms in total. The summed E-state index contributed by atoms with van der Waals surface area (Å²) in [6, 6.07) is 0.828. The Labute approximate surface area is 213 Å². The third kappa shape index (κ3) is 3.31. The molecule has 1 unspecified atom stereocenters. The molecule has 6 N–H and O–H groups in total. The van der Waals surface area contributed by atoms with Gasteiger partial charge in [0.1, 0.15) is 22.8 Å². The van der Waals surface area contributed by atoms with Crippen LogP contribution in [-0.4, -0.2) is 74.8 Å². The average Bonchev–Trinajstić information content (AvgIpc) is 2.74. The van der Waals surface area contributed by atoms with Crippen molar-refractivity contribution in [1.29, 1.82) is 0 Å². The number of Topliss-reactive ketones (excluding diaryl/α,β-unsaturated/α-hetero) is 2. The zero-order valence-corrected chi connectivity index (χ0v) is 21.7. The van der Waals surface area contributed by atoms with Crippen LogP contribution >= 0.6 is 34.4 Å². The summed E-state index contributed by atoms with van der Waals surface area (Å²) in [6.07, 6.45) is 2.24. The van der Waals surface area contributed by atoms with E-state index in [2.05, 4.69) is 22.6 Å². The fourth-order valence-electron chi connectivity index (χ4n) is 5.59. The predicted molar refractivity (Wildman–Crippen MR) is 134 cm³/mol. The summed E-state index contributed by atoms with van der Waals surface area (Å²) in [6.45, 7) is 0. The lowest BCUT2D eigenvalue weighted by Crippen LogP contribution is -2.63. The number of halogens is 1. The number of likely N-dealkylation sites (N-methyl/N-ethyl adjacent to an activating group) is 1. The van der Waals surface area contributed by atoms with Crippen LogP contribution in [0, 0.1) is 15.4 Å². The van der Waals surface area contributed by atoms with Crippen molar-refractivity contribution in [3.63, 3.8) is 0 Å². The van der Waals surface area contributed by atoms with Crippen molar-refractivity contribution in [3.8, 4) is 5.75 Å². The number of benzene rings is 1. The van der Waals surface area contributed by atoms with Gasteiger partial charge in [-0.1, -0.05) is 0 Å². The molecular formula is C23H25IN2O7S. The molecule has 0 radical (unpaired) electrons. The summed E-state index contributed by atoms with van der Waals surface area (Å²) >= 11 is 3.59. The smallest absolute Gasteiger partial charge is 0.255 e. The minimum atomic E-state index is -2.62. The molecule has 3 aliphatic rings. The molecule has 34 heavy (non-hydrogen) atoms. The molecule has 1 amide bonds. The summed E-state index contributed by atoms with van der Waals surface area (Å²) in [5.41, 5.74) is 3.02. The summed E-state index contributed by atoms with van der Waals surface area (Å²) < 4.78 is 0.796. The summed E-state index contributed by atoms with van der Waals surface area (Å²) in [5, 5.41) is 44.5. The van der Waals surface area contributed by atoms with Gasteiger partial charge >= 0.3 is 0 Å². The molecule has 3 aliphatic carbocycles. The van der Waals surface area contributed by atoms with Crippen molar-refractivity contribution < 1.29 is 34.8 Å². The van der Waals surface area contributed by atoms with Crippen molar-refractivity contribution in [2.75, 3.05) is 20.4 Å².